The third-order valence-electron chi connectivity index (χ3n) is 9.39. The van der Waals surface area contributed by atoms with E-state index in [1.165, 1.54) is 0 Å². The van der Waals surface area contributed by atoms with Crippen LogP contribution in [0.4, 0.5) is 33.5 Å². The molecule has 3 fully saturated rings. The largest absolute Gasteiger partial charge is 0.475 e. The van der Waals surface area contributed by atoms with Gasteiger partial charge in [-0.25, -0.2) is 13.8 Å². The van der Waals surface area contributed by atoms with E-state index in [0.717, 1.165) is 31.5 Å². The van der Waals surface area contributed by atoms with Gasteiger partial charge in [-0.2, -0.15) is 23.1 Å². The smallest absolute Gasteiger partial charge is 0.418 e. The van der Waals surface area contributed by atoms with E-state index in [-0.39, 0.29) is 53.6 Å². The predicted molar refractivity (Wildman–Crippen MR) is 150 cm³/mol. The summed E-state index contributed by atoms with van der Waals surface area (Å²) in [5.41, 5.74) is 7.76. The number of hydrogen-bond donors (Lipinski definition) is 2. The molecule has 43 heavy (non-hydrogen) atoms. The molecule has 1 spiro atoms. The van der Waals surface area contributed by atoms with Crippen LogP contribution in [0.15, 0.2) is 12.1 Å². The zero-order valence-electron chi connectivity index (χ0n) is 23.1. The highest BCUT2D eigenvalue weighted by Crippen LogP contribution is 2.49. The minimum absolute atomic E-state index is 0.0735. The van der Waals surface area contributed by atoms with Crippen molar-refractivity contribution in [3.05, 3.63) is 28.5 Å². The average Bonchev–Trinajstić information content (AvgIpc) is 3.40. The van der Waals surface area contributed by atoms with Gasteiger partial charge in [-0.3, -0.25) is 4.90 Å². The maximum absolute atomic E-state index is 16.5. The maximum Gasteiger partial charge on any atom is 0.418 e. The molecule has 0 radical (unpaired) electrons. The number of rotatable bonds is 4. The van der Waals surface area contributed by atoms with Crippen molar-refractivity contribution < 1.29 is 31.4 Å². The highest BCUT2D eigenvalue weighted by Gasteiger charge is 2.51. The molecular weight excluding hydrogens is 597 g/mol. The van der Waals surface area contributed by atoms with Gasteiger partial charge in [0.15, 0.2) is 5.82 Å². The van der Waals surface area contributed by atoms with Gasteiger partial charge in [0.2, 0.25) is 5.88 Å². The third-order valence-corrected chi connectivity index (χ3v) is 9.68. The number of ether oxygens (including phenoxy) is 2. The van der Waals surface area contributed by atoms with Crippen molar-refractivity contribution in [2.45, 2.75) is 61.6 Å². The molecule has 3 aliphatic heterocycles. The molecule has 2 aromatic heterocycles. The molecule has 0 unspecified atom stereocenters. The fourth-order valence-corrected chi connectivity index (χ4v) is 7.61. The Bertz CT molecular complexity index is 1640. The molecule has 1 aliphatic carbocycles. The second-order valence-electron chi connectivity index (χ2n) is 12.2. The van der Waals surface area contributed by atoms with Crippen LogP contribution in [0.2, 0.25) is 5.02 Å². The Balaban J connectivity index is 1.41. The number of pyridine rings is 1. The summed E-state index contributed by atoms with van der Waals surface area (Å²) in [7, 11) is 1.77. The van der Waals surface area contributed by atoms with E-state index in [1.54, 1.807) is 7.05 Å². The van der Waals surface area contributed by atoms with Crippen LogP contribution in [0.25, 0.3) is 22.2 Å². The van der Waals surface area contributed by atoms with E-state index >= 15 is 4.39 Å². The van der Waals surface area contributed by atoms with E-state index in [4.69, 9.17) is 32.5 Å². The maximum atomic E-state index is 16.5. The zero-order valence-corrected chi connectivity index (χ0v) is 23.9. The molecule has 1 saturated carbocycles. The molecule has 1 aromatic carbocycles. The highest BCUT2D eigenvalue weighted by atomic mass is 35.5. The Labute approximate surface area is 248 Å². The van der Waals surface area contributed by atoms with Crippen molar-refractivity contribution in [3.63, 3.8) is 0 Å². The Kier molecular flexibility index (Phi) is 6.39. The summed E-state index contributed by atoms with van der Waals surface area (Å²) >= 11 is 5.98. The van der Waals surface area contributed by atoms with Crippen molar-refractivity contribution in [2.24, 2.45) is 5.73 Å². The first-order valence-corrected chi connectivity index (χ1v) is 14.4. The molecule has 5 heterocycles. The second kappa shape index (κ2) is 9.63. The van der Waals surface area contributed by atoms with Crippen molar-refractivity contribution >= 4 is 34.0 Å². The second-order valence-corrected chi connectivity index (χ2v) is 12.6. The van der Waals surface area contributed by atoms with E-state index < -0.39 is 51.1 Å². The van der Waals surface area contributed by atoms with Gasteiger partial charge in [0, 0.05) is 37.3 Å². The number of hydrogen-bond acceptors (Lipinski definition) is 9. The van der Waals surface area contributed by atoms with Crippen molar-refractivity contribution in [1.29, 1.82) is 0 Å². The average molecular weight is 626 g/mol. The predicted octanol–water partition coefficient (Wildman–Crippen LogP) is 4.73. The summed E-state index contributed by atoms with van der Waals surface area (Å²) in [4.78, 5) is 17.1. The minimum Gasteiger partial charge on any atom is -0.475 e. The summed E-state index contributed by atoms with van der Waals surface area (Å²) in [6.45, 7) is 1.21. The van der Waals surface area contributed by atoms with E-state index in [2.05, 4.69) is 19.9 Å². The van der Waals surface area contributed by atoms with Gasteiger partial charge >= 0.3 is 12.2 Å². The number of alkyl halides is 4. The number of benzene rings is 1. The van der Waals surface area contributed by atoms with Crippen LogP contribution < -0.4 is 25.8 Å². The molecule has 0 amide bonds. The van der Waals surface area contributed by atoms with Crippen LogP contribution in [0, 0.1) is 5.82 Å². The molecule has 4 aliphatic rings. The SMILES string of the molecule is CN1c2nc(OC[C@@]34CCCN3C[C@H](F)C4)nc3c(F)c(-c4cc(N)cc(Cl)c4C(F)(F)F)nc(c23)OCC12CC(N)C2. The first-order valence-electron chi connectivity index (χ1n) is 14.0. The van der Waals surface area contributed by atoms with Crippen LogP contribution in [0.3, 0.4) is 0 Å². The highest BCUT2D eigenvalue weighted by molar-refractivity contribution is 6.32. The first kappa shape index (κ1) is 28.5. The normalized spacial score (nSPS) is 28.6. The Morgan fingerprint density at radius 3 is 2.67 bits per heavy atom. The molecule has 2 atom stereocenters. The molecule has 4 N–H and O–H groups in total. The summed E-state index contributed by atoms with van der Waals surface area (Å²) < 4.78 is 85.5. The molecule has 9 nitrogen and oxygen atoms in total. The van der Waals surface area contributed by atoms with Crippen molar-refractivity contribution in [2.75, 3.05) is 44.0 Å². The molecule has 2 saturated heterocycles. The molecule has 7 rings (SSSR count). The molecule has 3 aromatic rings. The summed E-state index contributed by atoms with van der Waals surface area (Å²) in [6.07, 6.45) is -2.95. The van der Waals surface area contributed by atoms with Crippen LogP contribution in [-0.4, -0.2) is 76.5 Å². The van der Waals surface area contributed by atoms with Gasteiger partial charge in [-0.05, 0) is 44.4 Å². The lowest BCUT2D eigenvalue weighted by Crippen LogP contribution is -2.64. The van der Waals surface area contributed by atoms with E-state index in [9.17, 15) is 17.6 Å². The number of aromatic nitrogens is 3. The van der Waals surface area contributed by atoms with Crippen LogP contribution in [0.5, 0.6) is 11.9 Å². The standard InChI is InChI=1S/C28H29ClF5N7O2/c1-40-23-18-22(38-25(39-23)43-11-26-3-2-4-41(26)10-13(30)7-26)20(31)21(37-24(18)42-12-27(40)8-15(36)9-27)16-5-14(35)6-17(29)19(16)28(32,33)34/h5-6,13,15H,2-4,7-12,35-36H2,1H3/t13-,15?,26+,27?/m1/s1. The number of likely N-dealkylation sites (N-methyl/N-ethyl adjacent to an activating group) is 1. The van der Waals surface area contributed by atoms with Crippen molar-refractivity contribution in [1.82, 2.24) is 19.9 Å². The summed E-state index contributed by atoms with van der Waals surface area (Å²) in [5, 5.41) is -0.615. The molecular formula is C28H29ClF5N7O2. The number of anilines is 2. The van der Waals surface area contributed by atoms with E-state index in [0.29, 0.717) is 25.8 Å². The lowest BCUT2D eigenvalue weighted by molar-refractivity contribution is -0.137. The molecule has 230 valence electrons. The topological polar surface area (TPSA) is 116 Å². The van der Waals surface area contributed by atoms with Gasteiger partial charge < -0.3 is 25.8 Å². The third kappa shape index (κ3) is 4.43. The lowest BCUT2D eigenvalue weighted by atomic mass is 9.72. The number of nitrogens with two attached hydrogens (primary N) is 2. The van der Waals surface area contributed by atoms with Gasteiger partial charge in [-0.1, -0.05) is 11.6 Å². The lowest BCUT2D eigenvalue weighted by Gasteiger charge is -2.50. The number of halogens is 6. The van der Waals surface area contributed by atoms with Gasteiger partial charge in [0.25, 0.3) is 0 Å². The minimum atomic E-state index is -4.95. The summed E-state index contributed by atoms with van der Waals surface area (Å²) in [6, 6.07) is 1.62. The fourth-order valence-electron chi connectivity index (χ4n) is 7.28. The first-order chi connectivity index (χ1) is 20.3. The van der Waals surface area contributed by atoms with E-state index in [1.807, 2.05) is 4.90 Å². The molecule has 0 bridgehead atoms. The van der Waals surface area contributed by atoms with Crippen LogP contribution in [0.1, 0.15) is 37.7 Å². The number of nitrogen functional groups attached to an aromatic ring is 1. The number of fused-ring (bicyclic) bond motifs is 1. The Morgan fingerprint density at radius 1 is 1.19 bits per heavy atom. The zero-order chi connectivity index (χ0) is 30.5. The van der Waals surface area contributed by atoms with Crippen LogP contribution >= 0.6 is 11.6 Å². The van der Waals surface area contributed by atoms with Crippen molar-refractivity contribution in [3.8, 4) is 23.1 Å². The van der Waals surface area contributed by atoms with Gasteiger partial charge in [0.05, 0.1) is 21.7 Å². The van der Waals surface area contributed by atoms with Gasteiger partial charge in [-0.15, -0.1) is 0 Å². The Morgan fingerprint density at radius 2 is 1.95 bits per heavy atom. The van der Waals surface area contributed by atoms with Gasteiger partial charge in [0.1, 0.15) is 41.8 Å². The quantitative estimate of drug-likeness (QED) is 0.314. The monoisotopic (exact) mass is 625 g/mol. The fraction of sp³-hybridized carbons (Fsp3) is 0.536. The Hall–Kier alpha value is -3.23. The summed E-state index contributed by atoms with van der Waals surface area (Å²) in [5.74, 6) is -1.04. The number of nitrogens with zero attached hydrogens (tertiary/aromatic N) is 5. The molecule has 15 heteroatoms. The van der Waals surface area contributed by atoms with Crippen LogP contribution in [-0.2, 0) is 6.18 Å².